The average Bonchev–Trinajstić information content (AvgIpc) is 2.36. The van der Waals surface area contributed by atoms with Crippen molar-refractivity contribution in [3.05, 3.63) is 39.9 Å². The summed E-state index contributed by atoms with van der Waals surface area (Å²) in [6.45, 7) is 7.04. The summed E-state index contributed by atoms with van der Waals surface area (Å²) >= 11 is 0. The predicted octanol–water partition coefficient (Wildman–Crippen LogP) is 2.57. The van der Waals surface area contributed by atoms with Crippen molar-refractivity contribution in [3.8, 4) is 0 Å². The fourth-order valence-electron chi connectivity index (χ4n) is 1.64. The van der Waals surface area contributed by atoms with Crippen molar-refractivity contribution >= 4 is 11.7 Å². The van der Waals surface area contributed by atoms with E-state index in [9.17, 15) is 20.0 Å². The molecule has 0 radical (unpaired) electrons. The smallest absolute Gasteiger partial charge is 0.310 e. The summed E-state index contributed by atoms with van der Waals surface area (Å²) in [5.41, 5.74) is -1.16. The lowest BCUT2D eigenvalue weighted by Crippen LogP contribution is -2.54. The molecule has 0 fully saturated rings. The zero-order valence-corrected chi connectivity index (χ0v) is 12.1. The van der Waals surface area contributed by atoms with E-state index in [-0.39, 0.29) is 12.2 Å². The summed E-state index contributed by atoms with van der Waals surface area (Å²) in [4.78, 5) is 21.8. The van der Waals surface area contributed by atoms with Gasteiger partial charge < -0.3 is 10.4 Å². The predicted molar refractivity (Wildman–Crippen MR) is 75.4 cm³/mol. The lowest BCUT2D eigenvalue weighted by atomic mass is 9.74. The van der Waals surface area contributed by atoms with Gasteiger partial charge in [0.15, 0.2) is 0 Å². The zero-order chi connectivity index (χ0) is 15.6. The molecule has 0 heterocycles. The highest BCUT2D eigenvalue weighted by Crippen LogP contribution is 2.31. The van der Waals surface area contributed by atoms with E-state index in [1.165, 1.54) is 6.07 Å². The van der Waals surface area contributed by atoms with Crippen LogP contribution in [-0.2, 0) is 11.3 Å². The molecule has 0 aromatic heterocycles. The highest BCUT2D eigenvalue weighted by molar-refractivity contribution is 5.75. The average molecular weight is 280 g/mol. The first-order valence-electron chi connectivity index (χ1n) is 6.30. The standard InChI is InChI=1S/C14H20N2O4/c1-13(2,12(17)18)14(3,4)15-9-10-7-5-6-8-11(10)16(19)20/h5-8,15H,9H2,1-4H3,(H,17,18). The molecule has 0 spiro atoms. The van der Waals surface area contributed by atoms with Crippen LogP contribution in [0.1, 0.15) is 33.3 Å². The van der Waals surface area contributed by atoms with Crippen molar-refractivity contribution in [1.82, 2.24) is 5.32 Å². The van der Waals surface area contributed by atoms with E-state index in [0.717, 1.165) is 0 Å². The summed E-state index contributed by atoms with van der Waals surface area (Å²) in [5, 5.41) is 23.3. The molecule has 6 heteroatoms. The van der Waals surface area contributed by atoms with E-state index in [1.807, 2.05) is 0 Å². The van der Waals surface area contributed by atoms with Crippen LogP contribution >= 0.6 is 0 Å². The molecule has 6 nitrogen and oxygen atoms in total. The van der Waals surface area contributed by atoms with Crippen molar-refractivity contribution in [2.24, 2.45) is 5.41 Å². The van der Waals surface area contributed by atoms with Crippen LogP contribution in [0.15, 0.2) is 24.3 Å². The molecule has 0 aliphatic rings. The second-order valence-electron chi connectivity index (χ2n) is 5.79. The molecular weight excluding hydrogens is 260 g/mol. The normalized spacial score (nSPS) is 12.2. The van der Waals surface area contributed by atoms with E-state index in [2.05, 4.69) is 5.32 Å². The Balaban J connectivity index is 2.92. The number of para-hydroxylation sites is 1. The Morgan fingerprint density at radius 3 is 2.35 bits per heavy atom. The Morgan fingerprint density at radius 1 is 1.30 bits per heavy atom. The van der Waals surface area contributed by atoms with Crippen LogP contribution in [0.25, 0.3) is 0 Å². The molecule has 0 unspecified atom stereocenters. The van der Waals surface area contributed by atoms with Gasteiger partial charge in [-0.25, -0.2) is 0 Å². The fraction of sp³-hybridized carbons (Fsp3) is 0.500. The summed E-state index contributed by atoms with van der Waals surface area (Å²) in [6.07, 6.45) is 0. The number of nitrogens with one attached hydrogen (secondary N) is 1. The zero-order valence-electron chi connectivity index (χ0n) is 12.1. The Bertz CT molecular complexity index is 524. The molecule has 0 saturated heterocycles. The minimum absolute atomic E-state index is 0.0314. The van der Waals surface area contributed by atoms with Crippen LogP contribution in [0, 0.1) is 15.5 Å². The number of hydrogen-bond donors (Lipinski definition) is 2. The molecule has 1 aromatic carbocycles. The van der Waals surface area contributed by atoms with E-state index in [4.69, 9.17) is 0 Å². The van der Waals surface area contributed by atoms with Crippen LogP contribution in [0.2, 0.25) is 0 Å². The Kier molecular flexibility index (Phi) is 4.50. The third-order valence-electron chi connectivity index (χ3n) is 4.01. The van der Waals surface area contributed by atoms with Gasteiger partial charge in [0.2, 0.25) is 0 Å². The van der Waals surface area contributed by atoms with Gasteiger partial charge in [0.25, 0.3) is 5.69 Å². The minimum Gasteiger partial charge on any atom is -0.481 e. The van der Waals surface area contributed by atoms with E-state index in [0.29, 0.717) is 5.56 Å². The number of benzene rings is 1. The molecule has 0 aliphatic carbocycles. The number of carbonyl (C=O) groups is 1. The quantitative estimate of drug-likeness (QED) is 0.617. The summed E-state index contributed by atoms with van der Waals surface area (Å²) < 4.78 is 0. The number of carboxylic acid groups (broad SMARTS) is 1. The number of aliphatic carboxylic acids is 1. The van der Waals surface area contributed by atoms with Crippen LogP contribution in [0.4, 0.5) is 5.69 Å². The van der Waals surface area contributed by atoms with Crippen LogP contribution in [0.5, 0.6) is 0 Å². The lowest BCUT2D eigenvalue weighted by molar-refractivity contribution is -0.385. The first-order chi connectivity index (χ1) is 9.09. The number of nitro benzene ring substituents is 1. The van der Waals surface area contributed by atoms with Gasteiger partial charge in [-0.15, -0.1) is 0 Å². The second kappa shape index (κ2) is 5.58. The van der Waals surface area contributed by atoms with Gasteiger partial charge >= 0.3 is 5.97 Å². The van der Waals surface area contributed by atoms with Crippen molar-refractivity contribution in [3.63, 3.8) is 0 Å². The largest absolute Gasteiger partial charge is 0.481 e. The highest BCUT2D eigenvalue weighted by Gasteiger charge is 2.43. The number of nitro groups is 1. The molecule has 1 aromatic rings. The molecule has 0 bridgehead atoms. The number of hydrogen-bond acceptors (Lipinski definition) is 4. The highest BCUT2D eigenvalue weighted by atomic mass is 16.6. The van der Waals surface area contributed by atoms with Crippen molar-refractivity contribution in [1.29, 1.82) is 0 Å². The maximum Gasteiger partial charge on any atom is 0.310 e. The van der Waals surface area contributed by atoms with Crippen LogP contribution < -0.4 is 5.32 Å². The van der Waals surface area contributed by atoms with Gasteiger partial charge in [0.1, 0.15) is 0 Å². The molecule has 110 valence electrons. The Hall–Kier alpha value is -1.95. The Labute approximate surface area is 118 Å². The van der Waals surface area contributed by atoms with Gasteiger partial charge in [0, 0.05) is 23.7 Å². The lowest BCUT2D eigenvalue weighted by Gasteiger charge is -2.39. The number of carboxylic acids is 1. The van der Waals surface area contributed by atoms with Gasteiger partial charge in [0.05, 0.1) is 10.3 Å². The fourth-order valence-corrected chi connectivity index (χ4v) is 1.64. The molecule has 0 saturated carbocycles. The second-order valence-corrected chi connectivity index (χ2v) is 5.79. The molecule has 0 amide bonds. The summed E-state index contributed by atoms with van der Waals surface area (Å²) in [7, 11) is 0. The van der Waals surface area contributed by atoms with Crippen LogP contribution in [-0.4, -0.2) is 21.5 Å². The maximum atomic E-state index is 11.3. The first kappa shape index (κ1) is 16.1. The monoisotopic (exact) mass is 280 g/mol. The topological polar surface area (TPSA) is 92.5 Å². The van der Waals surface area contributed by atoms with Gasteiger partial charge in [-0.3, -0.25) is 14.9 Å². The van der Waals surface area contributed by atoms with Crippen molar-refractivity contribution < 1.29 is 14.8 Å². The molecule has 2 N–H and O–H groups in total. The third kappa shape index (κ3) is 3.14. The first-order valence-corrected chi connectivity index (χ1v) is 6.30. The summed E-state index contributed by atoms with van der Waals surface area (Å²) in [6, 6.07) is 6.43. The van der Waals surface area contributed by atoms with Gasteiger partial charge in [-0.05, 0) is 27.7 Å². The van der Waals surface area contributed by atoms with Gasteiger partial charge in [-0.1, -0.05) is 18.2 Å². The van der Waals surface area contributed by atoms with Crippen LogP contribution in [0.3, 0.4) is 0 Å². The molecule has 0 aliphatic heterocycles. The van der Waals surface area contributed by atoms with Crippen molar-refractivity contribution in [2.75, 3.05) is 0 Å². The third-order valence-corrected chi connectivity index (χ3v) is 4.01. The number of rotatable bonds is 6. The molecule has 20 heavy (non-hydrogen) atoms. The van der Waals surface area contributed by atoms with E-state index < -0.39 is 21.8 Å². The SMILES string of the molecule is CC(C)(NCc1ccccc1[N+](=O)[O-])C(C)(C)C(=O)O. The summed E-state index contributed by atoms with van der Waals surface area (Å²) in [5.74, 6) is -0.919. The Morgan fingerprint density at radius 2 is 1.85 bits per heavy atom. The molecular formula is C14H20N2O4. The van der Waals surface area contributed by atoms with E-state index >= 15 is 0 Å². The van der Waals surface area contributed by atoms with Gasteiger partial charge in [-0.2, -0.15) is 0 Å². The van der Waals surface area contributed by atoms with Crippen molar-refractivity contribution in [2.45, 2.75) is 39.8 Å². The minimum atomic E-state index is -1.00. The maximum absolute atomic E-state index is 11.3. The molecule has 1 rings (SSSR count). The number of nitrogens with zero attached hydrogens (tertiary/aromatic N) is 1. The van der Waals surface area contributed by atoms with E-state index in [1.54, 1.807) is 45.9 Å². The molecule has 0 atom stereocenters.